The molecule has 0 amide bonds. The SMILES string of the molecule is O=[N+]([O-])c1ccccc1OCC(O)CN1CCC(O)(Cc2ccccc2)CC1. The number of aliphatic hydroxyl groups is 2. The molecule has 1 aliphatic rings. The van der Waals surface area contributed by atoms with Gasteiger partial charge in [-0.25, -0.2) is 0 Å². The lowest BCUT2D eigenvalue weighted by molar-refractivity contribution is -0.385. The Balaban J connectivity index is 1.45. The molecule has 1 heterocycles. The number of rotatable bonds is 8. The fourth-order valence-electron chi connectivity index (χ4n) is 3.57. The summed E-state index contributed by atoms with van der Waals surface area (Å²) in [6.07, 6.45) is 1.14. The van der Waals surface area contributed by atoms with Crippen LogP contribution in [-0.2, 0) is 6.42 Å². The van der Waals surface area contributed by atoms with Crippen LogP contribution in [0.25, 0.3) is 0 Å². The minimum Gasteiger partial charge on any atom is -0.484 e. The smallest absolute Gasteiger partial charge is 0.310 e. The maximum absolute atomic E-state index is 11.0. The lowest BCUT2D eigenvalue weighted by atomic mass is 9.85. The van der Waals surface area contributed by atoms with E-state index >= 15 is 0 Å². The number of hydrogen-bond acceptors (Lipinski definition) is 6. The predicted molar refractivity (Wildman–Crippen MR) is 105 cm³/mol. The zero-order chi connectivity index (χ0) is 20.0. The highest BCUT2D eigenvalue weighted by Gasteiger charge is 2.33. The Morgan fingerprint density at radius 3 is 2.43 bits per heavy atom. The average molecular weight is 386 g/mol. The molecule has 0 aliphatic carbocycles. The van der Waals surface area contributed by atoms with Crippen LogP contribution in [0.3, 0.4) is 0 Å². The lowest BCUT2D eigenvalue weighted by Crippen LogP contribution is -2.48. The number of hydrogen-bond donors (Lipinski definition) is 2. The molecular weight excluding hydrogens is 360 g/mol. The van der Waals surface area contributed by atoms with Crippen LogP contribution in [0.1, 0.15) is 18.4 Å². The second-order valence-electron chi connectivity index (χ2n) is 7.38. The number of β-amino-alcohol motifs (C(OH)–C–C–N with tert-alkyl or cyclic N) is 1. The van der Waals surface area contributed by atoms with Gasteiger partial charge in [0, 0.05) is 32.1 Å². The number of nitro groups is 1. The van der Waals surface area contributed by atoms with Crippen molar-refractivity contribution in [2.75, 3.05) is 26.2 Å². The largest absolute Gasteiger partial charge is 0.484 e. The first-order valence-corrected chi connectivity index (χ1v) is 9.48. The number of nitro benzene ring substituents is 1. The van der Waals surface area contributed by atoms with Crippen LogP contribution < -0.4 is 4.74 Å². The molecule has 1 unspecified atom stereocenters. The van der Waals surface area contributed by atoms with E-state index in [4.69, 9.17) is 4.74 Å². The summed E-state index contributed by atoms with van der Waals surface area (Å²) >= 11 is 0. The van der Waals surface area contributed by atoms with E-state index in [1.807, 2.05) is 30.3 Å². The van der Waals surface area contributed by atoms with E-state index in [9.17, 15) is 20.3 Å². The summed E-state index contributed by atoms with van der Waals surface area (Å²) in [6, 6.07) is 16.1. The van der Waals surface area contributed by atoms with Crippen molar-refractivity contribution in [1.82, 2.24) is 4.90 Å². The minimum absolute atomic E-state index is 0.0182. The summed E-state index contributed by atoms with van der Waals surface area (Å²) in [6.45, 7) is 1.76. The van der Waals surface area contributed by atoms with Gasteiger partial charge in [-0.1, -0.05) is 42.5 Å². The van der Waals surface area contributed by atoms with Crippen LogP contribution in [0.4, 0.5) is 5.69 Å². The normalized spacial score (nSPS) is 17.8. The van der Waals surface area contributed by atoms with Crippen molar-refractivity contribution in [3.63, 3.8) is 0 Å². The maximum Gasteiger partial charge on any atom is 0.310 e. The van der Waals surface area contributed by atoms with Crippen molar-refractivity contribution >= 4 is 5.69 Å². The molecule has 2 N–H and O–H groups in total. The minimum atomic E-state index is -0.764. The van der Waals surface area contributed by atoms with Gasteiger partial charge in [-0.2, -0.15) is 0 Å². The Bertz CT molecular complexity index is 775. The molecule has 0 saturated carbocycles. The number of ether oxygens (including phenoxy) is 1. The van der Waals surface area contributed by atoms with E-state index in [0.717, 1.165) is 5.56 Å². The van der Waals surface area contributed by atoms with Crippen LogP contribution in [0.2, 0.25) is 0 Å². The van der Waals surface area contributed by atoms with Gasteiger partial charge in [-0.05, 0) is 24.5 Å². The van der Waals surface area contributed by atoms with Crippen LogP contribution in [0.5, 0.6) is 5.75 Å². The average Bonchev–Trinajstić information content (AvgIpc) is 2.69. The zero-order valence-electron chi connectivity index (χ0n) is 15.7. The molecule has 3 rings (SSSR count). The van der Waals surface area contributed by atoms with Gasteiger partial charge in [-0.3, -0.25) is 10.1 Å². The van der Waals surface area contributed by atoms with Crippen LogP contribution >= 0.6 is 0 Å². The Hall–Kier alpha value is -2.48. The van der Waals surface area contributed by atoms with E-state index in [1.54, 1.807) is 12.1 Å². The van der Waals surface area contributed by atoms with Gasteiger partial charge >= 0.3 is 5.69 Å². The number of aliphatic hydroxyl groups excluding tert-OH is 1. The second kappa shape index (κ2) is 9.14. The number of benzene rings is 2. The van der Waals surface area contributed by atoms with E-state index in [-0.39, 0.29) is 18.0 Å². The molecule has 1 aliphatic heterocycles. The first kappa shape index (κ1) is 20.3. The Morgan fingerprint density at radius 2 is 1.75 bits per heavy atom. The topological polar surface area (TPSA) is 96.1 Å². The van der Waals surface area contributed by atoms with Crippen molar-refractivity contribution in [3.8, 4) is 5.75 Å². The van der Waals surface area contributed by atoms with Gasteiger partial charge in [0.1, 0.15) is 12.7 Å². The number of nitrogens with zero attached hydrogens (tertiary/aromatic N) is 2. The van der Waals surface area contributed by atoms with Gasteiger partial charge in [0.15, 0.2) is 5.75 Å². The number of likely N-dealkylation sites (tertiary alicyclic amines) is 1. The van der Waals surface area contributed by atoms with E-state index in [1.165, 1.54) is 12.1 Å². The zero-order valence-corrected chi connectivity index (χ0v) is 15.7. The summed E-state index contributed by atoms with van der Waals surface area (Å²) in [5, 5.41) is 32.1. The summed E-state index contributed by atoms with van der Waals surface area (Å²) in [5.41, 5.74) is 0.291. The molecule has 1 saturated heterocycles. The molecular formula is C21H26N2O5. The third kappa shape index (κ3) is 5.51. The molecule has 1 atom stereocenters. The molecule has 7 nitrogen and oxygen atoms in total. The van der Waals surface area contributed by atoms with E-state index in [2.05, 4.69) is 4.90 Å². The third-order valence-electron chi connectivity index (χ3n) is 5.12. The number of para-hydroxylation sites is 2. The Kier molecular flexibility index (Phi) is 6.61. The first-order chi connectivity index (χ1) is 13.5. The van der Waals surface area contributed by atoms with Crippen molar-refractivity contribution in [2.24, 2.45) is 0 Å². The first-order valence-electron chi connectivity index (χ1n) is 9.48. The molecule has 0 aromatic heterocycles. The Morgan fingerprint density at radius 1 is 1.11 bits per heavy atom. The van der Waals surface area contributed by atoms with Crippen LogP contribution in [-0.4, -0.2) is 58.0 Å². The molecule has 1 fully saturated rings. The molecule has 0 spiro atoms. The summed E-state index contributed by atoms with van der Waals surface area (Å²) in [7, 11) is 0. The summed E-state index contributed by atoms with van der Waals surface area (Å²) < 4.78 is 5.45. The van der Waals surface area contributed by atoms with Gasteiger partial charge in [0.05, 0.1) is 10.5 Å². The maximum atomic E-state index is 11.0. The predicted octanol–water partition coefficient (Wildman–Crippen LogP) is 2.40. The highest BCUT2D eigenvalue weighted by atomic mass is 16.6. The molecule has 28 heavy (non-hydrogen) atoms. The number of piperidine rings is 1. The summed E-state index contributed by atoms with van der Waals surface area (Å²) in [5.74, 6) is 0.155. The highest BCUT2D eigenvalue weighted by molar-refractivity contribution is 5.45. The molecule has 7 heteroatoms. The lowest BCUT2D eigenvalue weighted by Gasteiger charge is -2.39. The third-order valence-corrected chi connectivity index (χ3v) is 5.12. The quantitative estimate of drug-likeness (QED) is 0.534. The van der Waals surface area contributed by atoms with Crippen LogP contribution in [0.15, 0.2) is 54.6 Å². The van der Waals surface area contributed by atoms with Crippen LogP contribution in [0, 0.1) is 10.1 Å². The standard InChI is InChI=1S/C21H26N2O5/c24-18(16-28-20-9-5-4-8-19(20)23(26)27)15-22-12-10-21(25,11-13-22)14-17-6-2-1-3-7-17/h1-9,18,24-25H,10-16H2. The summed E-state index contributed by atoms with van der Waals surface area (Å²) in [4.78, 5) is 12.6. The Labute approximate surface area is 164 Å². The van der Waals surface area contributed by atoms with Crippen molar-refractivity contribution < 1.29 is 19.9 Å². The van der Waals surface area contributed by atoms with Crippen molar-refractivity contribution in [3.05, 3.63) is 70.3 Å². The molecule has 0 bridgehead atoms. The van der Waals surface area contributed by atoms with Crippen molar-refractivity contribution in [1.29, 1.82) is 0 Å². The second-order valence-corrected chi connectivity index (χ2v) is 7.38. The molecule has 150 valence electrons. The monoisotopic (exact) mass is 386 g/mol. The van der Waals surface area contributed by atoms with Gasteiger partial charge in [-0.15, -0.1) is 0 Å². The van der Waals surface area contributed by atoms with Gasteiger partial charge in [0.2, 0.25) is 0 Å². The van der Waals surface area contributed by atoms with Gasteiger partial charge < -0.3 is 19.8 Å². The van der Waals surface area contributed by atoms with Crippen molar-refractivity contribution in [2.45, 2.75) is 31.0 Å². The van der Waals surface area contributed by atoms with Gasteiger partial charge in [0.25, 0.3) is 0 Å². The van der Waals surface area contributed by atoms with E-state index < -0.39 is 16.6 Å². The molecule has 0 radical (unpaired) electrons. The fraction of sp³-hybridized carbons (Fsp3) is 0.429. The fourth-order valence-corrected chi connectivity index (χ4v) is 3.57. The molecule has 2 aromatic carbocycles. The van der Waals surface area contributed by atoms with E-state index in [0.29, 0.717) is 38.9 Å². The highest BCUT2D eigenvalue weighted by Crippen LogP contribution is 2.27. The molecule has 2 aromatic rings.